The molecule has 21 heavy (non-hydrogen) atoms. The maximum absolute atomic E-state index is 6.12. The Balaban J connectivity index is 2.42. The number of imidazole rings is 1. The van der Waals surface area contributed by atoms with Crippen molar-refractivity contribution >= 4 is 38.7 Å². The molecule has 108 valence electrons. The Morgan fingerprint density at radius 1 is 1.14 bits per heavy atom. The highest BCUT2D eigenvalue weighted by molar-refractivity contribution is 9.10. The fraction of sp³-hybridized carbons (Fsp3) is 0.250. The quantitative estimate of drug-likeness (QED) is 0.609. The first-order chi connectivity index (χ1) is 10.0. The lowest BCUT2D eigenvalue weighted by Gasteiger charge is -2.14. The number of hydrogen-bond donors (Lipinski definition) is 0. The van der Waals surface area contributed by atoms with Crippen molar-refractivity contribution in [3.8, 4) is 5.69 Å². The van der Waals surface area contributed by atoms with Gasteiger partial charge in [0.2, 0.25) is 0 Å². The molecule has 2 aromatic heterocycles. The average molecular weight is 365 g/mol. The predicted molar refractivity (Wildman–Crippen MR) is 90.3 cm³/mol. The van der Waals surface area contributed by atoms with Gasteiger partial charge in [0, 0.05) is 10.7 Å². The van der Waals surface area contributed by atoms with Crippen LogP contribution in [0.5, 0.6) is 0 Å². The van der Waals surface area contributed by atoms with Crippen LogP contribution in [0.2, 0.25) is 0 Å². The largest absolute Gasteiger partial charge is 0.279 e. The van der Waals surface area contributed by atoms with Crippen LogP contribution in [0.15, 0.2) is 28.9 Å². The summed E-state index contributed by atoms with van der Waals surface area (Å²) in [5, 5.41) is 0. The van der Waals surface area contributed by atoms with Crippen LogP contribution in [-0.4, -0.2) is 14.5 Å². The van der Waals surface area contributed by atoms with Crippen LogP contribution in [0.25, 0.3) is 16.9 Å². The van der Waals surface area contributed by atoms with E-state index in [0.29, 0.717) is 5.88 Å². The number of pyridine rings is 1. The van der Waals surface area contributed by atoms with E-state index < -0.39 is 0 Å². The molecule has 0 saturated heterocycles. The first-order valence-electron chi connectivity index (χ1n) is 6.69. The summed E-state index contributed by atoms with van der Waals surface area (Å²) in [6, 6.07) is 6.17. The highest BCUT2D eigenvalue weighted by atomic mass is 79.9. The third kappa shape index (κ3) is 2.36. The van der Waals surface area contributed by atoms with Crippen LogP contribution in [0.4, 0.5) is 0 Å². The SMILES string of the molecule is Cc1cc(Br)cc(C)c1-n1c(CCl)nc2c(C)ccnc21. The molecule has 0 radical (unpaired) electrons. The standard InChI is InChI=1S/C16H15BrClN3/c1-9-4-5-19-16-14(9)20-13(8-18)21(16)15-10(2)6-12(17)7-11(15)3/h4-7H,8H2,1-3H3. The van der Waals surface area contributed by atoms with Crippen molar-refractivity contribution in [3.63, 3.8) is 0 Å². The third-order valence-electron chi connectivity index (χ3n) is 3.62. The molecule has 0 fully saturated rings. The molecule has 3 nitrogen and oxygen atoms in total. The summed E-state index contributed by atoms with van der Waals surface area (Å²) in [6.07, 6.45) is 1.82. The molecular weight excluding hydrogens is 350 g/mol. The monoisotopic (exact) mass is 363 g/mol. The Morgan fingerprint density at radius 2 is 1.81 bits per heavy atom. The van der Waals surface area contributed by atoms with Gasteiger partial charge in [-0.25, -0.2) is 9.97 Å². The molecule has 5 heteroatoms. The van der Waals surface area contributed by atoms with Crippen LogP contribution in [0, 0.1) is 20.8 Å². The Labute approximate surface area is 137 Å². The second-order valence-electron chi connectivity index (χ2n) is 5.19. The lowest BCUT2D eigenvalue weighted by molar-refractivity contribution is 0.950. The minimum absolute atomic E-state index is 0.352. The second kappa shape index (κ2) is 5.43. The second-order valence-corrected chi connectivity index (χ2v) is 6.37. The Morgan fingerprint density at radius 3 is 2.43 bits per heavy atom. The van der Waals surface area contributed by atoms with E-state index in [2.05, 4.69) is 56.4 Å². The van der Waals surface area contributed by atoms with Crippen LogP contribution in [-0.2, 0) is 5.88 Å². The summed E-state index contributed by atoms with van der Waals surface area (Å²) in [7, 11) is 0. The van der Waals surface area contributed by atoms with E-state index >= 15 is 0 Å². The van der Waals surface area contributed by atoms with Gasteiger partial charge in [-0.2, -0.15) is 0 Å². The lowest BCUT2D eigenvalue weighted by Crippen LogP contribution is -2.05. The summed E-state index contributed by atoms with van der Waals surface area (Å²) in [4.78, 5) is 9.19. The van der Waals surface area contributed by atoms with E-state index in [4.69, 9.17) is 11.6 Å². The number of aryl methyl sites for hydroxylation is 3. The molecule has 2 heterocycles. The molecule has 0 aliphatic rings. The summed E-state index contributed by atoms with van der Waals surface area (Å²) < 4.78 is 3.15. The van der Waals surface area contributed by atoms with Gasteiger partial charge < -0.3 is 0 Å². The van der Waals surface area contributed by atoms with Crippen molar-refractivity contribution < 1.29 is 0 Å². The van der Waals surface area contributed by atoms with Gasteiger partial charge in [0.1, 0.15) is 11.3 Å². The van der Waals surface area contributed by atoms with E-state index in [-0.39, 0.29) is 0 Å². The van der Waals surface area contributed by atoms with Gasteiger partial charge in [-0.15, -0.1) is 11.6 Å². The fourth-order valence-electron chi connectivity index (χ4n) is 2.72. The zero-order valence-corrected chi connectivity index (χ0v) is 14.5. The number of alkyl halides is 1. The molecule has 3 aromatic rings. The number of fused-ring (bicyclic) bond motifs is 1. The molecule has 0 aliphatic heterocycles. The average Bonchev–Trinajstić information content (AvgIpc) is 2.78. The Bertz CT molecular complexity index is 816. The van der Waals surface area contributed by atoms with Crippen molar-refractivity contribution in [1.29, 1.82) is 0 Å². The molecule has 1 aromatic carbocycles. The van der Waals surface area contributed by atoms with E-state index in [1.165, 1.54) is 0 Å². The van der Waals surface area contributed by atoms with E-state index in [1.807, 2.05) is 19.2 Å². The molecule has 0 unspecified atom stereocenters. The van der Waals surface area contributed by atoms with Crippen molar-refractivity contribution in [2.75, 3.05) is 0 Å². The number of rotatable bonds is 2. The predicted octanol–water partition coefficient (Wildman–Crippen LogP) is 4.85. The van der Waals surface area contributed by atoms with Gasteiger partial charge in [0.05, 0.1) is 11.6 Å². The first-order valence-corrected chi connectivity index (χ1v) is 8.01. The summed E-state index contributed by atoms with van der Waals surface area (Å²) in [5.41, 5.74) is 6.31. The van der Waals surface area contributed by atoms with Crippen LogP contribution in [0.3, 0.4) is 0 Å². The summed E-state index contributed by atoms with van der Waals surface area (Å²) in [5.74, 6) is 1.17. The molecule has 0 saturated carbocycles. The van der Waals surface area contributed by atoms with Crippen LogP contribution in [0.1, 0.15) is 22.5 Å². The topological polar surface area (TPSA) is 30.7 Å². The number of halogens is 2. The van der Waals surface area contributed by atoms with E-state index in [9.17, 15) is 0 Å². The van der Waals surface area contributed by atoms with E-state index in [1.54, 1.807) is 0 Å². The maximum Gasteiger partial charge on any atom is 0.164 e. The minimum Gasteiger partial charge on any atom is -0.279 e. The first kappa shape index (κ1) is 14.5. The Kier molecular flexibility index (Phi) is 3.76. The van der Waals surface area contributed by atoms with Gasteiger partial charge in [-0.05, 0) is 55.7 Å². The Hall–Kier alpha value is -1.39. The van der Waals surface area contributed by atoms with Crippen molar-refractivity contribution in [2.24, 2.45) is 0 Å². The molecular formula is C16H15BrClN3. The number of nitrogens with zero attached hydrogens (tertiary/aromatic N) is 3. The zero-order valence-electron chi connectivity index (χ0n) is 12.1. The third-order valence-corrected chi connectivity index (χ3v) is 4.31. The van der Waals surface area contributed by atoms with Crippen LogP contribution < -0.4 is 0 Å². The number of aromatic nitrogens is 3. The number of benzene rings is 1. The van der Waals surface area contributed by atoms with Gasteiger partial charge in [0.15, 0.2) is 5.65 Å². The van der Waals surface area contributed by atoms with E-state index in [0.717, 1.165) is 43.8 Å². The van der Waals surface area contributed by atoms with Gasteiger partial charge in [-0.3, -0.25) is 4.57 Å². The molecule has 0 spiro atoms. The molecule has 0 aliphatic carbocycles. The zero-order chi connectivity index (χ0) is 15.1. The molecule has 3 rings (SSSR count). The van der Waals surface area contributed by atoms with Gasteiger partial charge in [0.25, 0.3) is 0 Å². The summed E-state index contributed by atoms with van der Waals surface area (Å²) >= 11 is 9.66. The lowest BCUT2D eigenvalue weighted by atomic mass is 10.1. The normalized spacial score (nSPS) is 11.3. The highest BCUT2D eigenvalue weighted by Gasteiger charge is 2.17. The van der Waals surface area contributed by atoms with Crippen molar-refractivity contribution in [1.82, 2.24) is 14.5 Å². The number of hydrogen-bond acceptors (Lipinski definition) is 2. The smallest absolute Gasteiger partial charge is 0.164 e. The molecule has 0 atom stereocenters. The molecule has 0 amide bonds. The molecule has 0 N–H and O–H groups in total. The van der Waals surface area contributed by atoms with Gasteiger partial charge in [-0.1, -0.05) is 15.9 Å². The minimum atomic E-state index is 0.352. The van der Waals surface area contributed by atoms with Crippen molar-refractivity contribution in [2.45, 2.75) is 26.7 Å². The maximum atomic E-state index is 6.12. The van der Waals surface area contributed by atoms with Crippen molar-refractivity contribution in [3.05, 3.63) is 51.4 Å². The van der Waals surface area contributed by atoms with Crippen LogP contribution >= 0.6 is 27.5 Å². The highest BCUT2D eigenvalue weighted by Crippen LogP contribution is 2.29. The molecule has 0 bridgehead atoms. The fourth-order valence-corrected chi connectivity index (χ4v) is 3.59. The van der Waals surface area contributed by atoms with Gasteiger partial charge >= 0.3 is 0 Å². The summed E-state index contributed by atoms with van der Waals surface area (Å²) in [6.45, 7) is 6.22.